The van der Waals surface area contributed by atoms with Crippen molar-refractivity contribution in [2.24, 2.45) is 0 Å². The van der Waals surface area contributed by atoms with Gasteiger partial charge in [0.2, 0.25) is 0 Å². The zero-order valence-corrected chi connectivity index (χ0v) is 12.5. The molecular formula is C18H20Fe. The van der Waals surface area contributed by atoms with E-state index in [1.807, 2.05) is 0 Å². The Morgan fingerprint density at radius 3 is 0.947 bits per heavy atom. The average Bonchev–Trinajstić information content (AvgIpc) is 3.37. The molecule has 10 fully saturated rings. The molecule has 10 aliphatic rings. The summed E-state index contributed by atoms with van der Waals surface area (Å²) in [6.07, 6.45) is 0. The van der Waals surface area contributed by atoms with Gasteiger partial charge in [0, 0.05) is 0 Å². The van der Waals surface area contributed by atoms with E-state index in [4.69, 9.17) is 0 Å². The third-order valence-electron chi connectivity index (χ3n) is 16.0. The molecule has 11 rings (SSSR count). The molecule has 10 aliphatic heterocycles. The fraction of sp³-hybridized carbons (Fsp3) is 0.667. The summed E-state index contributed by atoms with van der Waals surface area (Å²) in [5.74, 6) is 0. The summed E-state index contributed by atoms with van der Waals surface area (Å²) in [5, 5.41) is 0. The van der Waals surface area contributed by atoms with Crippen molar-refractivity contribution in [1.82, 2.24) is 0 Å². The third kappa shape index (κ3) is 0.0990. The molecule has 0 aliphatic carbocycles. The van der Waals surface area contributed by atoms with Crippen molar-refractivity contribution in [3.05, 3.63) is 35.4 Å². The van der Waals surface area contributed by atoms with E-state index in [1.54, 1.807) is 48.2 Å². The van der Waals surface area contributed by atoms with Crippen LogP contribution in [0.2, 0.25) is 48.2 Å². The van der Waals surface area contributed by atoms with Crippen LogP contribution in [0.3, 0.4) is 0 Å². The van der Waals surface area contributed by atoms with Crippen LogP contribution in [-0.2, 0) is 6.51 Å². The Bertz CT molecular complexity index is 878. The Balaban J connectivity index is 0.0000000821. The van der Waals surface area contributed by atoms with Gasteiger partial charge in [-0.05, 0) is 25.0 Å². The molecule has 100 valence electrons. The van der Waals surface area contributed by atoms with E-state index in [9.17, 15) is 0 Å². The minimum atomic E-state index is -2.28. The van der Waals surface area contributed by atoms with Crippen molar-refractivity contribution in [1.29, 1.82) is 0 Å². The Hall–Kier alpha value is -0.261. The Morgan fingerprint density at radius 1 is 0.579 bits per heavy atom. The number of aryl methyl sites for hydroxylation is 2. The standard InChI is InChI=1S/C8H10.2C5H5.Fe/c1-7-5-3-4-6-8(7)2;2*1-2-4-5-3-1;/h3-6H,1-2H3;2*1-5H;. The van der Waals surface area contributed by atoms with E-state index in [-0.39, 0.29) is 0 Å². The Labute approximate surface area is 104 Å². The van der Waals surface area contributed by atoms with Gasteiger partial charge in [-0.3, -0.25) is 0 Å². The first-order valence-corrected chi connectivity index (χ1v) is 14.6. The molecular weight excluding hydrogens is 272 g/mol. The van der Waals surface area contributed by atoms with E-state index in [0.29, 0.717) is 0 Å². The molecule has 0 radical (unpaired) electrons. The minimum absolute atomic E-state index is 1.37. The van der Waals surface area contributed by atoms with Crippen molar-refractivity contribution in [3.8, 4) is 0 Å². The summed E-state index contributed by atoms with van der Waals surface area (Å²) < 4.78 is 0. The molecule has 0 saturated carbocycles. The van der Waals surface area contributed by atoms with Crippen LogP contribution >= 0.6 is 0 Å². The summed E-state index contributed by atoms with van der Waals surface area (Å²) in [7, 11) is 0. The molecule has 10 saturated heterocycles. The predicted molar refractivity (Wildman–Crippen MR) is 73.4 cm³/mol. The van der Waals surface area contributed by atoms with E-state index < -0.39 is 6.51 Å². The number of benzene rings is 1. The normalized spacial score (nSPS) is 103. The van der Waals surface area contributed by atoms with Gasteiger partial charge in [0.05, 0.1) is 0 Å². The second-order valence-electron chi connectivity index (χ2n) is 11.7. The number of fused-ring (bicyclic) bond motifs is 10. The van der Waals surface area contributed by atoms with Gasteiger partial charge in [0.25, 0.3) is 0 Å². The Kier molecular flexibility index (Phi) is 0.279. The summed E-state index contributed by atoms with van der Waals surface area (Å²) in [6, 6.07) is 8.36. The van der Waals surface area contributed by atoms with Crippen molar-refractivity contribution >= 4 is 0 Å². The molecule has 1 spiro atoms. The molecule has 0 amide bonds. The summed E-state index contributed by atoms with van der Waals surface area (Å²) in [5.41, 5.74) is 2.74. The molecule has 0 nitrogen and oxygen atoms in total. The van der Waals surface area contributed by atoms with Gasteiger partial charge in [-0.1, -0.05) is 24.3 Å². The van der Waals surface area contributed by atoms with Gasteiger partial charge in [-0.2, -0.15) is 0 Å². The fourth-order valence-electron chi connectivity index (χ4n) is 16.5. The van der Waals surface area contributed by atoms with Crippen LogP contribution in [-0.4, -0.2) is 0 Å². The van der Waals surface area contributed by atoms with Crippen LogP contribution in [0.1, 0.15) is 11.1 Å². The molecule has 1 aromatic carbocycles. The van der Waals surface area contributed by atoms with Crippen molar-refractivity contribution < 1.29 is 6.51 Å². The van der Waals surface area contributed by atoms with Crippen LogP contribution in [0.25, 0.3) is 0 Å². The predicted octanol–water partition coefficient (Wildman–Crippen LogP) is 5.68. The monoisotopic (exact) mass is 292 g/mol. The Morgan fingerprint density at radius 2 is 0.842 bits per heavy atom. The van der Waals surface area contributed by atoms with Gasteiger partial charge in [0.1, 0.15) is 0 Å². The first-order valence-electron chi connectivity index (χ1n) is 8.20. The average molecular weight is 292 g/mol. The second-order valence-corrected chi connectivity index (χ2v) is 35.6. The van der Waals surface area contributed by atoms with Gasteiger partial charge >= 0.3 is 54.7 Å². The zero-order chi connectivity index (χ0) is 12.1. The van der Waals surface area contributed by atoms with Gasteiger partial charge in [0.15, 0.2) is 0 Å². The summed E-state index contributed by atoms with van der Waals surface area (Å²) in [4.78, 5) is 15.9. The molecule has 1 heteroatoms. The van der Waals surface area contributed by atoms with Crippen LogP contribution < -0.4 is 0 Å². The zero-order valence-electron chi connectivity index (χ0n) is 11.4. The van der Waals surface area contributed by atoms with E-state index in [2.05, 4.69) is 38.1 Å². The van der Waals surface area contributed by atoms with Crippen LogP contribution in [0.5, 0.6) is 0 Å². The first-order chi connectivity index (χ1) is 8.96. The fourth-order valence-corrected chi connectivity index (χ4v) is 88.7. The molecule has 19 heavy (non-hydrogen) atoms. The summed E-state index contributed by atoms with van der Waals surface area (Å²) in [6.45, 7) is 1.96. The summed E-state index contributed by atoms with van der Waals surface area (Å²) >= 11 is 0. The first kappa shape index (κ1) is 7.66. The topological polar surface area (TPSA) is 0 Å². The van der Waals surface area contributed by atoms with Gasteiger partial charge in [-0.15, -0.1) is 0 Å². The molecule has 0 unspecified atom stereocenters. The van der Waals surface area contributed by atoms with Crippen LogP contribution in [0.15, 0.2) is 24.3 Å². The molecule has 1 aromatic rings. The van der Waals surface area contributed by atoms with Crippen molar-refractivity contribution in [2.45, 2.75) is 62.0 Å². The SMILES string of the molecule is Cc1ccccc1C.[CH]12[CH]3[CH]4[CH]5[CH]1[Fe]23451678[CH]2[CH]1[CH]6[CH]7[CH]28. The maximum atomic E-state index is 2.12. The van der Waals surface area contributed by atoms with Gasteiger partial charge in [-0.25, -0.2) is 0 Å². The molecule has 0 aromatic heterocycles. The van der Waals surface area contributed by atoms with Crippen molar-refractivity contribution in [3.63, 3.8) is 0 Å². The van der Waals surface area contributed by atoms with Crippen LogP contribution in [0, 0.1) is 13.8 Å². The third-order valence-corrected chi connectivity index (χ3v) is 57.9. The number of rotatable bonds is 0. The molecule has 10 heterocycles. The van der Waals surface area contributed by atoms with Gasteiger partial charge < -0.3 is 0 Å². The van der Waals surface area contributed by atoms with E-state index >= 15 is 0 Å². The van der Waals surface area contributed by atoms with Crippen molar-refractivity contribution in [2.75, 3.05) is 0 Å². The second kappa shape index (κ2) is 0.692. The number of hydrogen-bond acceptors (Lipinski definition) is 0. The van der Waals surface area contributed by atoms with E-state index in [1.165, 1.54) is 11.1 Å². The van der Waals surface area contributed by atoms with Crippen LogP contribution in [0.4, 0.5) is 0 Å². The number of hydrogen-bond donors (Lipinski definition) is 0. The quantitative estimate of drug-likeness (QED) is 0.540. The maximum absolute atomic E-state index is 2.28. The molecule has 0 N–H and O–H groups in total. The molecule has 0 atom stereocenters. The molecule has 0 bridgehead atoms. The van der Waals surface area contributed by atoms with E-state index in [0.717, 1.165) is 0 Å².